The third-order valence-corrected chi connectivity index (χ3v) is 14.3. The van der Waals surface area contributed by atoms with Crippen LogP contribution in [0.25, 0.3) is 54.2 Å². The normalized spacial score (nSPS) is 11.8. The highest BCUT2D eigenvalue weighted by Crippen LogP contribution is 2.58. The van der Waals surface area contributed by atoms with Crippen LogP contribution in [0.3, 0.4) is 0 Å². The van der Waals surface area contributed by atoms with E-state index >= 15 is 0 Å². The van der Waals surface area contributed by atoms with Gasteiger partial charge in [0.2, 0.25) is 0 Å². The van der Waals surface area contributed by atoms with Crippen molar-refractivity contribution in [3.05, 3.63) is 188 Å². The zero-order valence-corrected chi connectivity index (χ0v) is 28.1. The summed E-state index contributed by atoms with van der Waals surface area (Å²) in [6.07, 6.45) is 0. The third kappa shape index (κ3) is 4.58. The fourth-order valence-corrected chi connectivity index (χ4v) is 12.4. The zero-order chi connectivity index (χ0) is 32.8. The summed E-state index contributed by atoms with van der Waals surface area (Å²) in [5.41, 5.74) is 2.37. The highest BCUT2D eigenvalue weighted by molar-refractivity contribution is 8.01. The van der Waals surface area contributed by atoms with Gasteiger partial charge < -0.3 is 4.74 Å². The second-order valence-corrected chi connectivity index (χ2v) is 15.9. The molecule has 9 rings (SSSR count). The third-order valence-electron chi connectivity index (χ3n) is 10.0. The Morgan fingerprint density at radius 2 is 0.735 bits per heavy atom. The predicted molar refractivity (Wildman–Crippen MR) is 213 cm³/mol. The molecule has 0 unspecified atom stereocenters. The number of fused-ring (bicyclic) bond motifs is 6. The molecule has 1 nitrogen and oxygen atoms in total. The lowest BCUT2D eigenvalue weighted by Crippen LogP contribution is -2.39. The molecule has 0 aliphatic carbocycles. The maximum Gasteiger partial charge on any atom is 0.144 e. The van der Waals surface area contributed by atoms with Gasteiger partial charge >= 0.3 is 0 Å². The van der Waals surface area contributed by atoms with Crippen molar-refractivity contribution in [2.24, 2.45) is 0 Å². The maximum atomic E-state index is 6.41. The number of hydrogen-bond acceptors (Lipinski definition) is 1. The van der Waals surface area contributed by atoms with E-state index in [-0.39, 0.29) is 0 Å². The Kier molecular flexibility index (Phi) is 7.23. The van der Waals surface area contributed by atoms with Crippen molar-refractivity contribution in [1.29, 1.82) is 0 Å². The van der Waals surface area contributed by atoms with Crippen LogP contribution in [-0.4, -0.2) is 7.11 Å². The first-order valence-corrected chi connectivity index (χ1v) is 18.6. The lowest BCUT2D eigenvalue weighted by Gasteiger charge is -2.31. The van der Waals surface area contributed by atoms with E-state index in [9.17, 15) is 0 Å². The van der Waals surface area contributed by atoms with Crippen molar-refractivity contribution in [2.75, 3.05) is 7.11 Å². The van der Waals surface area contributed by atoms with Crippen LogP contribution in [0.15, 0.2) is 188 Å². The number of ether oxygens (including phenoxy) is 1. The lowest BCUT2D eigenvalue weighted by molar-refractivity contribution is 0.417. The summed E-state index contributed by atoms with van der Waals surface area (Å²) in [7, 11) is -0.703. The molecule has 0 amide bonds. The molecule has 2 heteroatoms. The standard InChI is InChI=1S/C47H34OP/c1-48-42-31-29-35-27-25-33-15-11-13-23-40(33)44(35)46(42)47-43(32-30-36-28-26-34-16-12-14-24-41(34)45(36)47)49(37-17-5-2-6-18-37,38-19-7-3-8-20-38)39-21-9-4-10-22-39/h2-32H,1H3/q+1. The van der Waals surface area contributed by atoms with Gasteiger partial charge in [-0.1, -0.05) is 140 Å². The fourth-order valence-electron chi connectivity index (χ4n) is 7.93. The van der Waals surface area contributed by atoms with Crippen molar-refractivity contribution in [1.82, 2.24) is 0 Å². The minimum Gasteiger partial charge on any atom is -0.496 e. The monoisotopic (exact) mass is 645 g/mol. The van der Waals surface area contributed by atoms with Gasteiger partial charge in [-0.25, -0.2) is 0 Å². The van der Waals surface area contributed by atoms with E-state index in [4.69, 9.17) is 4.74 Å². The van der Waals surface area contributed by atoms with E-state index < -0.39 is 7.26 Å². The van der Waals surface area contributed by atoms with Crippen molar-refractivity contribution < 1.29 is 4.74 Å². The van der Waals surface area contributed by atoms with Gasteiger partial charge in [-0.05, 0) is 80.8 Å². The second-order valence-electron chi connectivity index (χ2n) is 12.5. The molecule has 0 aromatic heterocycles. The summed E-state index contributed by atoms with van der Waals surface area (Å²) in [6, 6.07) is 69.3. The van der Waals surface area contributed by atoms with Crippen LogP contribution >= 0.6 is 7.26 Å². The summed E-state index contributed by atoms with van der Waals surface area (Å²) >= 11 is 0. The molecule has 0 N–H and O–H groups in total. The molecule has 49 heavy (non-hydrogen) atoms. The topological polar surface area (TPSA) is 9.23 Å². The molecule has 0 fully saturated rings. The van der Waals surface area contributed by atoms with Gasteiger partial charge in [0.15, 0.2) is 0 Å². The first-order valence-electron chi connectivity index (χ1n) is 16.8. The van der Waals surface area contributed by atoms with Gasteiger partial charge in [0, 0.05) is 21.9 Å². The predicted octanol–water partition coefficient (Wildman–Crippen LogP) is 10.6. The second kappa shape index (κ2) is 12.0. The van der Waals surface area contributed by atoms with Gasteiger partial charge in [0.05, 0.1) is 7.11 Å². The first-order chi connectivity index (χ1) is 24.3. The van der Waals surface area contributed by atoms with Crippen LogP contribution in [0.4, 0.5) is 0 Å². The molecular formula is C47H34OP+. The Bertz CT molecular complexity index is 2530. The minimum atomic E-state index is -2.52. The summed E-state index contributed by atoms with van der Waals surface area (Å²) in [5, 5.41) is 15.0. The SMILES string of the molecule is COc1ccc2ccc3ccccc3c2c1-c1c([P+](c2ccccc2)(c2ccccc2)c2ccccc2)ccc2ccc3ccccc3c12. The molecule has 9 aromatic rings. The summed E-state index contributed by atoms with van der Waals surface area (Å²) in [6.45, 7) is 0. The van der Waals surface area contributed by atoms with Crippen LogP contribution in [0.2, 0.25) is 0 Å². The average molecular weight is 646 g/mol. The van der Waals surface area contributed by atoms with E-state index in [0.717, 1.165) is 11.3 Å². The number of rotatable bonds is 6. The summed E-state index contributed by atoms with van der Waals surface area (Å²) < 4.78 is 6.41. The molecule has 232 valence electrons. The molecule has 0 radical (unpaired) electrons. The van der Waals surface area contributed by atoms with Crippen LogP contribution in [0, 0.1) is 0 Å². The van der Waals surface area contributed by atoms with Crippen molar-refractivity contribution in [3.8, 4) is 16.9 Å². The lowest BCUT2D eigenvalue weighted by atomic mass is 9.88. The number of benzene rings is 9. The minimum absolute atomic E-state index is 0.873. The van der Waals surface area contributed by atoms with Gasteiger partial charge in [-0.15, -0.1) is 0 Å². The molecule has 0 saturated heterocycles. The van der Waals surface area contributed by atoms with Gasteiger partial charge in [0.25, 0.3) is 0 Å². The molecule has 0 bridgehead atoms. The fraction of sp³-hybridized carbons (Fsp3) is 0.0213. The van der Waals surface area contributed by atoms with Crippen LogP contribution < -0.4 is 26.0 Å². The molecule has 0 spiro atoms. The zero-order valence-electron chi connectivity index (χ0n) is 27.3. The van der Waals surface area contributed by atoms with Crippen molar-refractivity contribution >= 4 is 71.6 Å². The van der Waals surface area contributed by atoms with Gasteiger partial charge in [0.1, 0.15) is 34.2 Å². The van der Waals surface area contributed by atoms with E-state index in [1.165, 1.54) is 69.9 Å². The Hall–Kier alpha value is -5.75. The van der Waals surface area contributed by atoms with E-state index in [1.54, 1.807) is 0 Å². The highest BCUT2D eigenvalue weighted by Gasteiger charge is 2.50. The highest BCUT2D eigenvalue weighted by atomic mass is 31.2. The van der Waals surface area contributed by atoms with E-state index in [1.807, 2.05) is 7.11 Å². The van der Waals surface area contributed by atoms with Crippen LogP contribution in [0.1, 0.15) is 0 Å². The smallest absolute Gasteiger partial charge is 0.144 e. The van der Waals surface area contributed by atoms with Gasteiger partial charge in [-0.3, -0.25) is 0 Å². The Labute approximate surface area is 287 Å². The summed E-state index contributed by atoms with van der Waals surface area (Å²) in [5.74, 6) is 0.873. The summed E-state index contributed by atoms with van der Waals surface area (Å²) in [4.78, 5) is 0. The van der Waals surface area contributed by atoms with E-state index in [0.29, 0.717) is 0 Å². The Morgan fingerprint density at radius 1 is 0.347 bits per heavy atom. The number of hydrogen-bond donors (Lipinski definition) is 0. The van der Waals surface area contributed by atoms with Crippen molar-refractivity contribution in [3.63, 3.8) is 0 Å². The Morgan fingerprint density at radius 3 is 1.22 bits per heavy atom. The van der Waals surface area contributed by atoms with Crippen LogP contribution in [0.5, 0.6) is 5.75 Å². The number of methoxy groups -OCH3 is 1. The quantitative estimate of drug-likeness (QED) is 0.129. The van der Waals surface area contributed by atoms with Crippen LogP contribution in [-0.2, 0) is 0 Å². The molecule has 9 aromatic carbocycles. The van der Waals surface area contributed by atoms with E-state index in [2.05, 4.69) is 188 Å². The molecular weight excluding hydrogens is 611 g/mol. The first kappa shape index (κ1) is 29.4. The molecule has 0 aliphatic heterocycles. The Balaban J connectivity index is 1.60. The molecule has 0 atom stereocenters. The average Bonchev–Trinajstić information content (AvgIpc) is 3.18. The molecule has 0 heterocycles. The van der Waals surface area contributed by atoms with Gasteiger partial charge in [-0.2, -0.15) is 0 Å². The molecule has 0 saturated carbocycles. The molecule has 0 aliphatic rings. The largest absolute Gasteiger partial charge is 0.496 e. The maximum absolute atomic E-state index is 6.41. The van der Waals surface area contributed by atoms with Crippen molar-refractivity contribution in [2.45, 2.75) is 0 Å².